The SMILES string of the molecule is CC(=O)c1cncc(C(F)(F)F)c1. The molecule has 0 bridgehead atoms. The first-order chi connectivity index (χ1) is 5.91. The number of ketones is 1. The number of carbonyl (C=O) groups is 1. The second kappa shape index (κ2) is 3.16. The van der Waals surface area contributed by atoms with Crippen molar-refractivity contribution >= 4 is 5.78 Å². The van der Waals surface area contributed by atoms with Gasteiger partial charge in [0.1, 0.15) is 0 Å². The van der Waals surface area contributed by atoms with Crippen LogP contribution in [0.15, 0.2) is 18.5 Å². The molecule has 1 aromatic rings. The van der Waals surface area contributed by atoms with Crippen molar-refractivity contribution in [3.8, 4) is 0 Å². The Labute approximate surface area is 72.4 Å². The molecular weight excluding hydrogens is 183 g/mol. The molecule has 1 rings (SSSR count). The number of carbonyl (C=O) groups excluding carboxylic acids is 1. The Morgan fingerprint density at radius 1 is 1.38 bits per heavy atom. The molecule has 0 saturated carbocycles. The van der Waals surface area contributed by atoms with E-state index >= 15 is 0 Å². The van der Waals surface area contributed by atoms with Crippen molar-refractivity contribution in [2.24, 2.45) is 0 Å². The van der Waals surface area contributed by atoms with Crippen molar-refractivity contribution < 1.29 is 18.0 Å². The second-order valence-corrected chi connectivity index (χ2v) is 2.52. The Morgan fingerprint density at radius 3 is 2.46 bits per heavy atom. The van der Waals surface area contributed by atoms with E-state index in [4.69, 9.17) is 0 Å². The van der Waals surface area contributed by atoms with Gasteiger partial charge >= 0.3 is 6.18 Å². The van der Waals surface area contributed by atoms with Crippen molar-refractivity contribution in [3.63, 3.8) is 0 Å². The molecule has 0 radical (unpaired) electrons. The molecule has 0 spiro atoms. The number of alkyl halides is 3. The summed E-state index contributed by atoms with van der Waals surface area (Å²) in [7, 11) is 0. The maximum Gasteiger partial charge on any atom is 0.417 e. The number of hydrogen-bond acceptors (Lipinski definition) is 2. The third kappa shape index (κ3) is 2.27. The molecule has 0 unspecified atom stereocenters. The molecule has 1 heterocycles. The van der Waals surface area contributed by atoms with E-state index in [9.17, 15) is 18.0 Å². The van der Waals surface area contributed by atoms with Crippen molar-refractivity contribution in [2.75, 3.05) is 0 Å². The Hall–Kier alpha value is -1.39. The van der Waals surface area contributed by atoms with Gasteiger partial charge in [-0.25, -0.2) is 0 Å². The first-order valence-corrected chi connectivity index (χ1v) is 3.44. The zero-order chi connectivity index (χ0) is 10.1. The van der Waals surface area contributed by atoms with Gasteiger partial charge in [0.2, 0.25) is 0 Å². The van der Waals surface area contributed by atoms with Gasteiger partial charge in [-0.1, -0.05) is 0 Å². The monoisotopic (exact) mass is 189 g/mol. The highest BCUT2D eigenvalue weighted by Gasteiger charge is 2.31. The molecule has 1 aromatic heterocycles. The van der Waals surface area contributed by atoms with Gasteiger partial charge in [0.15, 0.2) is 5.78 Å². The first kappa shape index (κ1) is 9.70. The third-order valence-corrected chi connectivity index (χ3v) is 1.47. The summed E-state index contributed by atoms with van der Waals surface area (Å²) in [4.78, 5) is 14.0. The van der Waals surface area contributed by atoms with Gasteiger partial charge in [-0.05, 0) is 13.0 Å². The minimum Gasteiger partial charge on any atom is -0.294 e. The first-order valence-electron chi connectivity index (χ1n) is 3.44. The summed E-state index contributed by atoms with van der Waals surface area (Å²) in [5.41, 5.74) is -0.935. The summed E-state index contributed by atoms with van der Waals surface area (Å²) < 4.78 is 36.2. The molecule has 2 nitrogen and oxygen atoms in total. The summed E-state index contributed by atoms with van der Waals surface area (Å²) in [5, 5.41) is 0. The van der Waals surface area contributed by atoms with Crippen LogP contribution in [0.3, 0.4) is 0 Å². The number of nitrogens with zero attached hydrogens (tertiary/aromatic N) is 1. The van der Waals surface area contributed by atoms with E-state index in [0.29, 0.717) is 6.20 Å². The highest BCUT2D eigenvalue weighted by molar-refractivity contribution is 5.93. The lowest BCUT2D eigenvalue weighted by atomic mass is 10.1. The van der Waals surface area contributed by atoms with Crippen molar-refractivity contribution in [1.29, 1.82) is 0 Å². The Morgan fingerprint density at radius 2 is 2.00 bits per heavy atom. The van der Waals surface area contributed by atoms with Crippen LogP contribution in [-0.4, -0.2) is 10.8 Å². The maximum atomic E-state index is 12.1. The predicted octanol–water partition coefficient (Wildman–Crippen LogP) is 2.30. The van der Waals surface area contributed by atoms with Gasteiger partial charge in [-0.3, -0.25) is 9.78 Å². The fourth-order valence-corrected chi connectivity index (χ4v) is 0.787. The molecule has 0 aliphatic heterocycles. The molecular formula is C8H6F3NO. The lowest BCUT2D eigenvalue weighted by Gasteiger charge is -2.05. The van der Waals surface area contributed by atoms with E-state index in [1.807, 2.05) is 0 Å². The van der Waals surface area contributed by atoms with E-state index < -0.39 is 17.5 Å². The minimum absolute atomic E-state index is 0.0326. The Bertz CT molecular complexity index is 332. The van der Waals surface area contributed by atoms with E-state index in [2.05, 4.69) is 4.98 Å². The smallest absolute Gasteiger partial charge is 0.294 e. The predicted molar refractivity (Wildman–Crippen MR) is 39.2 cm³/mol. The van der Waals surface area contributed by atoms with Gasteiger partial charge in [0.05, 0.1) is 5.56 Å². The maximum absolute atomic E-state index is 12.1. The summed E-state index contributed by atoms with van der Waals surface area (Å²) >= 11 is 0. The number of aromatic nitrogens is 1. The lowest BCUT2D eigenvalue weighted by Crippen LogP contribution is -2.07. The average Bonchev–Trinajstić information content (AvgIpc) is 2.03. The zero-order valence-corrected chi connectivity index (χ0v) is 6.72. The highest BCUT2D eigenvalue weighted by Crippen LogP contribution is 2.28. The second-order valence-electron chi connectivity index (χ2n) is 2.52. The number of pyridine rings is 1. The van der Waals surface area contributed by atoms with Crippen molar-refractivity contribution in [3.05, 3.63) is 29.6 Å². The van der Waals surface area contributed by atoms with Crippen LogP contribution < -0.4 is 0 Å². The fraction of sp³-hybridized carbons (Fsp3) is 0.250. The minimum atomic E-state index is -4.45. The van der Waals surface area contributed by atoms with Gasteiger partial charge in [0.25, 0.3) is 0 Å². The largest absolute Gasteiger partial charge is 0.417 e. The molecule has 0 amide bonds. The van der Waals surface area contributed by atoms with Crippen molar-refractivity contribution in [2.45, 2.75) is 13.1 Å². The van der Waals surface area contributed by atoms with Crippen LogP contribution in [0, 0.1) is 0 Å². The number of halogens is 3. The summed E-state index contributed by atoms with van der Waals surface area (Å²) in [6.45, 7) is 1.19. The van der Waals surface area contributed by atoms with Crippen LogP contribution in [0.5, 0.6) is 0 Å². The molecule has 0 aliphatic rings. The molecule has 0 N–H and O–H groups in total. The van der Waals surface area contributed by atoms with E-state index in [1.165, 1.54) is 6.92 Å². The van der Waals surface area contributed by atoms with Crippen LogP contribution in [-0.2, 0) is 6.18 Å². The molecule has 0 saturated heterocycles. The van der Waals surface area contributed by atoms with E-state index in [1.54, 1.807) is 0 Å². The summed E-state index contributed by atoms with van der Waals surface area (Å²) in [6, 6.07) is 0.787. The van der Waals surface area contributed by atoms with Crippen LogP contribution in [0.4, 0.5) is 13.2 Å². The molecule has 13 heavy (non-hydrogen) atoms. The van der Waals surface area contributed by atoms with Gasteiger partial charge in [-0.2, -0.15) is 13.2 Å². The standard InChI is InChI=1S/C8H6F3NO/c1-5(13)6-2-7(4-12-3-6)8(9,10)11/h2-4H,1H3. The lowest BCUT2D eigenvalue weighted by molar-refractivity contribution is -0.137. The average molecular weight is 189 g/mol. The summed E-state index contributed by atoms with van der Waals surface area (Å²) in [6.07, 6.45) is -2.65. The summed E-state index contributed by atoms with van der Waals surface area (Å²) in [5.74, 6) is -0.432. The topological polar surface area (TPSA) is 30.0 Å². The van der Waals surface area contributed by atoms with Gasteiger partial charge in [0, 0.05) is 18.0 Å². The molecule has 0 aromatic carbocycles. The van der Waals surface area contributed by atoms with Crippen LogP contribution >= 0.6 is 0 Å². The number of Topliss-reactive ketones (excluding diaryl/α,β-unsaturated/α-hetero) is 1. The van der Waals surface area contributed by atoms with Gasteiger partial charge in [-0.15, -0.1) is 0 Å². The fourth-order valence-electron chi connectivity index (χ4n) is 0.787. The molecule has 70 valence electrons. The van der Waals surface area contributed by atoms with Crippen LogP contribution in [0.2, 0.25) is 0 Å². The van der Waals surface area contributed by atoms with Gasteiger partial charge < -0.3 is 0 Å². The Kier molecular flexibility index (Phi) is 2.36. The molecule has 0 fully saturated rings. The van der Waals surface area contributed by atoms with E-state index in [-0.39, 0.29) is 5.56 Å². The number of rotatable bonds is 1. The highest BCUT2D eigenvalue weighted by atomic mass is 19.4. The van der Waals surface area contributed by atoms with E-state index in [0.717, 1.165) is 12.3 Å². The molecule has 5 heteroatoms. The molecule has 0 atom stereocenters. The normalized spacial score (nSPS) is 11.4. The van der Waals surface area contributed by atoms with Crippen molar-refractivity contribution in [1.82, 2.24) is 4.98 Å². The van der Waals surface area contributed by atoms with Crippen LogP contribution in [0.1, 0.15) is 22.8 Å². The molecule has 0 aliphatic carbocycles. The van der Waals surface area contributed by atoms with Crippen LogP contribution in [0.25, 0.3) is 0 Å². The zero-order valence-electron chi connectivity index (χ0n) is 6.72. The number of hydrogen-bond donors (Lipinski definition) is 0. The quantitative estimate of drug-likeness (QED) is 0.634. The Balaban J connectivity index is 3.13. The third-order valence-electron chi connectivity index (χ3n) is 1.47.